The molecule has 2 aromatic carbocycles. The van der Waals surface area contributed by atoms with E-state index >= 15 is 0 Å². The minimum atomic E-state index is 0.0890. The van der Waals surface area contributed by atoms with Gasteiger partial charge < -0.3 is 20.3 Å². The molecule has 2 amide bonds. The highest BCUT2D eigenvalue weighted by Crippen LogP contribution is 2.29. The Morgan fingerprint density at radius 2 is 1.77 bits per heavy atom. The lowest BCUT2D eigenvalue weighted by Crippen LogP contribution is -2.37. The first-order chi connectivity index (χ1) is 14.5. The van der Waals surface area contributed by atoms with Gasteiger partial charge in [0, 0.05) is 36.8 Å². The van der Waals surface area contributed by atoms with Gasteiger partial charge in [-0.05, 0) is 68.1 Å². The number of hydrogen-bond acceptors (Lipinski definition) is 4. The van der Waals surface area contributed by atoms with Crippen molar-refractivity contribution in [3.8, 4) is 16.9 Å². The summed E-state index contributed by atoms with van der Waals surface area (Å²) in [7, 11) is 5.35. The third-order valence-corrected chi connectivity index (χ3v) is 6.01. The molecule has 0 bridgehead atoms. The van der Waals surface area contributed by atoms with Crippen LogP contribution in [0.25, 0.3) is 11.1 Å². The summed E-state index contributed by atoms with van der Waals surface area (Å²) in [6.07, 6.45) is 4.73. The van der Waals surface area contributed by atoms with E-state index in [9.17, 15) is 9.59 Å². The van der Waals surface area contributed by atoms with Gasteiger partial charge in [-0.1, -0.05) is 18.2 Å². The molecule has 0 radical (unpaired) electrons. The SMILES string of the molecule is CNC1CCC(C(=O)NCc2cc(-c3ccc(N(C)C=O)cc3)ccc2OC)CC1. The van der Waals surface area contributed by atoms with Crippen LogP contribution in [-0.4, -0.2) is 39.6 Å². The number of carbonyl (C=O) groups is 2. The fraction of sp³-hybridized carbons (Fsp3) is 0.417. The van der Waals surface area contributed by atoms with Gasteiger partial charge in [0.1, 0.15) is 5.75 Å². The van der Waals surface area contributed by atoms with E-state index < -0.39 is 0 Å². The zero-order valence-corrected chi connectivity index (χ0v) is 18.0. The maximum absolute atomic E-state index is 12.6. The second-order valence-electron chi connectivity index (χ2n) is 7.84. The van der Waals surface area contributed by atoms with Crippen LogP contribution in [-0.2, 0) is 16.1 Å². The van der Waals surface area contributed by atoms with Crippen LogP contribution in [0.5, 0.6) is 5.75 Å². The van der Waals surface area contributed by atoms with E-state index in [-0.39, 0.29) is 11.8 Å². The van der Waals surface area contributed by atoms with Crippen molar-refractivity contribution >= 4 is 18.0 Å². The number of benzene rings is 2. The van der Waals surface area contributed by atoms with Crippen molar-refractivity contribution < 1.29 is 14.3 Å². The molecular weight excluding hydrogens is 378 g/mol. The van der Waals surface area contributed by atoms with E-state index in [4.69, 9.17) is 4.74 Å². The maximum Gasteiger partial charge on any atom is 0.223 e. The summed E-state index contributed by atoms with van der Waals surface area (Å²) in [5, 5.41) is 6.40. The van der Waals surface area contributed by atoms with E-state index in [0.29, 0.717) is 12.6 Å². The van der Waals surface area contributed by atoms with Crippen LogP contribution in [0, 0.1) is 5.92 Å². The average Bonchev–Trinajstić information content (AvgIpc) is 2.82. The van der Waals surface area contributed by atoms with Gasteiger partial charge in [0.2, 0.25) is 12.3 Å². The molecule has 30 heavy (non-hydrogen) atoms. The fourth-order valence-corrected chi connectivity index (χ4v) is 4.02. The summed E-state index contributed by atoms with van der Waals surface area (Å²) >= 11 is 0. The predicted octanol–water partition coefficient (Wildman–Crippen LogP) is 3.35. The van der Waals surface area contributed by atoms with Gasteiger partial charge >= 0.3 is 0 Å². The summed E-state index contributed by atoms with van der Waals surface area (Å²) in [5.41, 5.74) is 3.86. The topological polar surface area (TPSA) is 70.7 Å². The maximum atomic E-state index is 12.6. The number of amides is 2. The van der Waals surface area contributed by atoms with Gasteiger partial charge in [-0.2, -0.15) is 0 Å². The number of hydrogen-bond donors (Lipinski definition) is 2. The van der Waals surface area contributed by atoms with Crippen molar-refractivity contribution in [1.82, 2.24) is 10.6 Å². The Kier molecular flexibility index (Phi) is 7.46. The van der Waals surface area contributed by atoms with Gasteiger partial charge in [-0.3, -0.25) is 9.59 Å². The van der Waals surface area contributed by atoms with E-state index in [0.717, 1.165) is 60.2 Å². The van der Waals surface area contributed by atoms with Crippen molar-refractivity contribution in [2.45, 2.75) is 38.3 Å². The van der Waals surface area contributed by atoms with Crippen LogP contribution < -0.4 is 20.3 Å². The van der Waals surface area contributed by atoms with Crippen LogP contribution in [0.4, 0.5) is 5.69 Å². The minimum absolute atomic E-state index is 0.0890. The Hall–Kier alpha value is -2.86. The molecule has 6 nitrogen and oxygen atoms in total. The molecule has 1 saturated carbocycles. The second kappa shape index (κ2) is 10.3. The third kappa shape index (κ3) is 5.19. The first-order valence-corrected chi connectivity index (χ1v) is 10.5. The molecule has 0 heterocycles. The van der Waals surface area contributed by atoms with Gasteiger partial charge in [-0.15, -0.1) is 0 Å². The van der Waals surface area contributed by atoms with Crippen molar-refractivity contribution in [3.63, 3.8) is 0 Å². The second-order valence-corrected chi connectivity index (χ2v) is 7.84. The lowest BCUT2D eigenvalue weighted by atomic mass is 9.85. The van der Waals surface area contributed by atoms with Crippen LogP contribution in [0.1, 0.15) is 31.2 Å². The van der Waals surface area contributed by atoms with Crippen molar-refractivity contribution in [1.29, 1.82) is 0 Å². The molecule has 2 aromatic rings. The third-order valence-electron chi connectivity index (χ3n) is 6.01. The molecule has 6 heteroatoms. The normalized spacial score (nSPS) is 18.5. The number of anilines is 1. The van der Waals surface area contributed by atoms with Crippen LogP contribution in [0.15, 0.2) is 42.5 Å². The molecule has 1 fully saturated rings. The van der Waals surface area contributed by atoms with Crippen molar-refractivity contribution in [3.05, 3.63) is 48.0 Å². The number of nitrogens with one attached hydrogen (secondary N) is 2. The lowest BCUT2D eigenvalue weighted by molar-refractivity contribution is -0.126. The highest BCUT2D eigenvalue weighted by Gasteiger charge is 2.25. The first-order valence-electron chi connectivity index (χ1n) is 10.5. The fourth-order valence-electron chi connectivity index (χ4n) is 4.02. The number of carbonyl (C=O) groups excluding carboxylic acids is 2. The average molecular weight is 410 g/mol. The summed E-state index contributed by atoms with van der Waals surface area (Å²) in [6, 6.07) is 14.3. The molecule has 2 N–H and O–H groups in total. The molecule has 0 spiro atoms. The van der Waals surface area contributed by atoms with Gasteiger partial charge in [-0.25, -0.2) is 0 Å². The molecule has 0 unspecified atom stereocenters. The molecule has 160 valence electrons. The van der Waals surface area contributed by atoms with E-state index in [2.05, 4.69) is 16.7 Å². The van der Waals surface area contributed by atoms with Crippen molar-refractivity contribution in [2.24, 2.45) is 5.92 Å². The van der Waals surface area contributed by atoms with E-state index in [1.807, 2.05) is 43.4 Å². The Labute approximate surface area is 178 Å². The Morgan fingerprint density at radius 1 is 1.10 bits per heavy atom. The Bertz CT molecular complexity index is 858. The largest absolute Gasteiger partial charge is 0.496 e. The Morgan fingerprint density at radius 3 is 2.37 bits per heavy atom. The lowest BCUT2D eigenvalue weighted by Gasteiger charge is -2.27. The van der Waals surface area contributed by atoms with Crippen LogP contribution in [0.3, 0.4) is 0 Å². The number of rotatable bonds is 8. The molecular formula is C24H31N3O3. The number of nitrogens with zero attached hydrogens (tertiary/aromatic N) is 1. The molecule has 0 aromatic heterocycles. The molecule has 3 rings (SSSR count). The summed E-state index contributed by atoms with van der Waals surface area (Å²) < 4.78 is 5.50. The number of methoxy groups -OCH3 is 1. The summed E-state index contributed by atoms with van der Waals surface area (Å²) in [4.78, 5) is 25.1. The highest BCUT2D eigenvalue weighted by atomic mass is 16.5. The molecule has 0 aliphatic heterocycles. The minimum Gasteiger partial charge on any atom is -0.496 e. The summed E-state index contributed by atoms with van der Waals surface area (Å²) in [6.45, 7) is 0.438. The monoisotopic (exact) mass is 409 g/mol. The summed E-state index contributed by atoms with van der Waals surface area (Å²) in [5.74, 6) is 0.972. The smallest absolute Gasteiger partial charge is 0.223 e. The van der Waals surface area contributed by atoms with E-state index in [1.165, 1.54) is 4.90 Å². The van der Waals surface area contributed by atoms with Gasteiger partial charge in [0.15, 0.2) is 0 Å². The molecule has 0 saturated heterocycles. The van der Waals surface area contributed by atoms with Crippen LogP contribution in [0.2, 0.25) is 0 Å². The first kappa shape index (κ1) is 21.8. The molecule has 1 aliphatic rings. The molecule has 1 aliphatic carbocycles. The standard InChI is InChI=1S/C24H31N3O3/c1-25-21-9-4-18(5-10-21)24(29)26-15-20-14-19(8-13-23(20)30-3)17-6-11-22(12-7-17)27(2)16-28/h6-8,11-14,16,18,21,25H,4-5,9-10,15H2,1-3H3,(H,26,29). The van der Waals surface area contributed by atoms with Gasteiger partial charge in [0.25, 0.3) is 0 Å². The Balaban J connectivity index is 1.69. The van der Waals surface area contributed by atoms with E-state index in [1.54, 1.807) is 14.2 Å². The van der Waals surface area contributed by atoms with Crippen molar-refractivity contribution in [2.75, 3.05) is 26.1 Å². The zero-order valence-electron chi connectivity index (χ0n) is 18.0. The number of ether oxygens (including phenoxy) is 1. The van der Waals surface area contributed by atoms with Gasteiger partial charge in [0.05, 0.1) is 7.11 Å². The quantitative estimate of drug-likeness (QED) is 0.656. The molecule has 0 atom stereocenters. The predicted molar refractivity (Wildman–Crippen MR) is 120 cm³/mol. The van der Waals surface area contributed by atoms with Crippen LogP contribution >= 0.6 is 0 Å². The highest BCUT2D eigenvalue weighted by molar-refractivity contribution is 5.79. The zero-order chi connectivity index (χ0) is 21.5.